The Morgan fingerprint density at radius 3 is 2.19 bits per heavy atom. The Labute approximate surface area is 126 Å². The van der Waals surface area contributed by atoms with Crippen LogP contribution in [0.5, 0.6) is 0 Å². The van der Waals surface area contributed by atoms with Crippen LogP contribution in [-0.2, 0) is 10.8 Å². The van der Waals surface area contributed by atoms with E-state index in [2.05, 4.69) is 4.98 Å². The minimum atomic E-state index is -4.69. The molecular formula is C12H16BClF3NO3. The molecule has 118 valence electrons. The summed E-state index contributed by atoms with van der Waals surface area (Å²) in [6.45, 7) is 5.93. The molecule has 0 aliphatic carbocycles. The molecule has 0 atom stereocenters. The molecule has 1 heterocycles. The fourth-order valence-corrected chi connectivity index (χ4v) is 1.50. The molecule has 0 bridgehead atoms. The number of alkyl halides is 3. The first-order chi connectivity index (χ1) is 9.25. The zero-order valence-corrected chi connectivity index (χ0v) is 12.7. The number of pyridine rings is 1. The first-order valence-corrected chi connectivity index (χ1v) is 6.44. The van der Waals surface area contributed by atoms with Gasteiger partial charge in [0.05, 0.1) is 16.8 Å². The molecule has 2 N–H and O–H groups in total. The number of aromatic nitrogens is 1. The molecule has 21 heavy (non-hydrogen) atoms. The van der Waals surface area contributed by atoms with Crippen molar-refractivity contribution in [2.24, 2.45) is 0 Å². The summed E-state index contributed by atoms with van der Waals surface area (Å²) in [7, 11) is -1.68. The molecule has 1 aromatic rings. The van der Waals surface area contributed by atoms with Crippen molar-refractivity contribution in [1.82, 2.24) is 4.98 Å². The second-order valence-electron chi connectivity index (χ2n) is 5.64. The Morgan fingerprint density at radius 2 is 1.76 bits per heavy atom. The highest BCUT2D eigenvalue weighted by Crippen LogP contribution is 2.33. The van der Waals surface area contributed by atoms with Gasteiger partial charge in [-0.1, -0.05) is 11.6 Å². The van der Waals surface area contributed by atoms with Gasteiger partial charge >= 0.3 is 13.3 Å². The maximum atomic E-state index is 12.7. The van der Waals surface area contributed by atoms with Crippen molar-refractivity contribution >= 4 is 24.2 Å². The van der Waals surface area contributed by atoms with Crippen molar-refractivity contribution in [3.05, 3.63) is 23.0 Å². The van der Waals surface area contributed by atoms with Crippen LogP contribution >= 0.6 is 11.6 Å². The number of nitrogens with zero attached hydrogens (tertiary/aromatic N) is 1. The zero-order valence-electron chi connectivity index (χ0n) is 12.0. The molecule has 9 heteroatoms. The Kier molecular flexibility index (Phi) is 4.99. The molecule has 0 aromatic carbocycles. The first kappa shape index (κ1) is 18.2. The smallest absolute Gasteiger partial charge is 0.423 e. The molecule has 0 aliphatic rings. The van der Waals surface area contributed by atoms with Gasteiger partial charge in [-0.15, -0.1) is 0 Å². The van der Waals surface area contributed by atoms with Crippen molar-refractivity contribution in [1.29, 1.82) is 0 Å². The molecule has 4 nitrogen and oxygen atoms in total. The van der Waals surface area contributed by atoms with E-state index < -0.39 is 35.2 Å². The standard InChI is InChI=1S/C12H16BClF3NO3/c1-10(2,19)11(3,4)21-13(20)7-5-8(12(15,16)17)9(14)18-6-7/h5-6,19-20H,1-4H3. The van der Waals surface area contributed by atoms with Gasteiger partial charge in [-0.05, 0) is 33.8 Å². The van der Waals surface area contributed by atoms with Crippen LogP contribution in [0.3, 0.4) is 0 Å². The van der Waals surface area contributed by atoms with Gasteiger partial charge in [0.1, 0.15) is 5.15 Å². The number of hydrogen-bond donors (Lipinski definition) is 2. The number of hydrogen-bond acceptors (Lipinski definition) is 4. The van der Waals surface area contributed by atoms with E-state index >= 15 is 0 Å². The third kappa shape index (κ3) is 4.32. The predicted octanol–water partition coefficient (Wildman–Crippen LogP) is 2.01. The van der Waals surface area contributed by atoms with E-state index in [0.717, 1.165) is 6.20 Å². The SMILES string of the molecule is CC(C)(O)C(C)(C)OB(O)c1cnc(Cl)c(C(F)(F)F)c1. The minimum Gasteiger partial charge on any atom is -0.423 e. The van der Waals surface area contributed by atoms with Crippen LogP contribution in [-0.4, -0.2) is 33.4 Å². The van der Waals surface area contributed by atoms with Crippen molar-refractivity contribution < 1.29 is 28.0 Å². The first-order valence-electron chi connectivity index (χ1n) is 6.06. The summed E-state index contributed by atoms with van der Waals surface area (Å²) in [6.07, 6.45) is -3.70. The Morgan fingerprint density at radius 1 is 1.24 bits per heavy atom. The predicted molar refractivity (Wildman–Crippen MR) is 73.3 cm³/mol. The van der Waals surface area contributed by atoms with E-state index in [1.54, 1.807) is 0 Å². The van der Waals surface area contributed by atoms with Crippen LogP contribution in [0, 0.1) is 0 Å². The lowest BCUT2D eigenvalue weighted by atomic mass is 9.77. The summed E-state index contributed by atoms with van der Waals surface area (Å²) in [5.74, 6) is 0. The Balaban J connectivity index is 3.07. The van der Waals surface area contributed by atoms with E-state index in [9.17, 15) is 23.3 Å². The van der Waals surface area contributed by atoms with Gasteiger partial charge in [0.15, 0.2) is 0 Å². The molecule has 0 unspecified atom stereocenters. The molecule has 0 amide bonds. The van der Waals surface area contributed by atoms with Gasteiger partial charge < -0.3 is 14.8 Å². The van der Waals surface area contributed by atoms with Crippen LogP contribution < -0.4 is 5.46 Å². The third-order valence-corrected chi connectivity index (χ3v) is 3.63. The second kappa shape index (κ2) is 5.76. The fraction of sp³-hybridized carbons (Fsp3) is 0.583. The summed E-state index contributed by atoms with van der Waals surface area (Å²) in [4.78, 5) is 3.40. The summed E-state index contributed by atoms with van der Waals surface area (Å²) in [6, 6.07) is 0.667. The van der Waals surface area contributed by atoms with Crippen LogP contribution in [0.2, 0.25) is 5.15 Å². The van der Waals surface area contributed by atoms with Crippen LogP contribution in [0.25, 0.3) is 0 Å². The van der Waals surface area contributed by atoms with Crippen LogP contribution in [0.1, 0.15) is 33.3 Å². The summed E-state index contributed by atoms with van der Waals surface area (Å²) in [5, 5.41) is 19.1. The maximum Gasteiger partial charge on any atom is 0.493 e. The number of aliphatic hydroxyl groups is 1. The van der Waals surface area contributed by atoms with Gasteiger partial charge in [-0.25, -0.2) is 4.98 Å². The van der Waals surface area contributed by atoms with E-state index in [1.807, 2.05) is 0 Å². The van der Waals surface area contributed by atoms with Crippen LogP contribution in [0.4, 0.5) is 13.2 Å². The third-order valence-electron chi connectivity index (χ3n) is 3.33. The zero-order chi connectivity index (χ0) is 16.6. The van der Waals surface area contributed by atoms with Gasteiger partial charge in [-0.3, -0.25) is 0 Å². The number of rotatable bonds is 4. The molecule has 1 rings (SSSR count). The van der Waals surface area contributed by atoms with Crippen molar-refractivity contribution in [2.45, 2.75) is 45.1 Å². The molecule has 1 aromatic heterocycles. The second-order valence-corrected chi connectivity index (χ2v) is 6.00. The van der Waals surface area contributed by atoms with Crippen LogP contribution in [0.15, 0.2) is 12.3 Å². The monoisotopic (exact) mass is 325 g/mol. The highest BCUT2D eigenvalue weighted by molar-refractivity contribution is 6.60. The van der Waals surface area contributed by atoms with Crippen molar-refractivity contribution in [3.63, 3.8) is 0 Å². The average molecular weight is 326 g/mol. The molecule has 0 radical (unpaired) electrons. The Hall–Kier alpha value is -0.825. The summed E-state index contributed by atoms with van der Waals surface area (Å²) >= 11 is 5.40. The van der Waals surface area contributed by atoms with Gasteiger partial charge in [0.2, 0.25) is 0 Å². The average Bonchev–Trinajstić information content (AvgIpc) is 2.25. The summed E-state index contributed by atoms with van der Waals surface area (Å²) < 4.78 is 43.4. The van der Waals surface area contributed by atoms with E-state index in [0.29, 0.717) is 6.07 Å². The topological polar surface area (TPSA) is 62.6 Å². The van der Waals surface area contributed by atoms with Gasteiger partial charge in [0, 0.05) is 11.7 Å². The van der Waals surface area contributed by atoms with Crippen molar-refractivity contribution in [2.75, 3.05) is 0 Å². The largest absolute Gasteiger partial charge is 0.493 e. The highest BCUT2D eigenvalue weighted by atomic mass is 35.5. The van der Waals surface area contributed by atoms with E-state index in [1.165, 1.54) is 27.7 Å². The quantitative estimate of drug-likeness (QED) is 0.656. The normalized spacial score (nSPS) is 13.4. The molecule has 0 aliphatic heterocycles. The highest BCUT2D eigenvalue weighted by Gasteiger charge is 2.41. The lowest BCUT2D eigenvalue weighted by Crippen LogP contribution is -2.53. The molecular weight excluding hydrogens is 309 g/mol. The lowest BCUT2D eigenvalue weighted by molar-refractivity contribution is -0.137. The molecule has 0 fully saturated rings. The van der Waals surface area contributed by atoms with Gasteiger partial charge in [0.25, 0.3) is 0 Å². The fourth-order valence-electron chi connectivity index (χ4n) is 1.29. The molecule has 0 saturated heterocycles. The van der Waals surface area contributed by atoms with Crippen molar-refractivity contribution in [3.8, 4) is 0 Å². The van der Waals surface area contributed by atoms with E-state index in [-0.39, 0.29) is 5.46 Å². The van der Waals surface area contributed by atoms with E-state index in [4.69, 9.17) is 16.3 Å². The number of halogens is 4. The molecule has 0 spiro atoms. The minimum absolute atomic E-state index is 0.205. The summed E-state index contributed by atoms with van der Waals surface area (Å²) in [5.41, 5.74) is -3.89. The van der Waals surface area contributed by atoms with Gasteiger partial charge in [-0.2, -0.15) is 13.2 Å². The maximum absolute atomic E-state index is 12.7. The molecule has 0 saturated carbocycles. The Bertz CT molecular complexity index is 517. The lowest BCUT2D eigenvalue weighted by Gasteiger charge is -2.38.